The first-order valence-electron chi connectivity index (χ1n) is 6.62. The van der Waals surface area contributed by atoms with Crippen molar-refractivity contribution >= 4 is 34.1 Å². The van der Waals surface area contributed by atoms with Crippen LogP contribution >= 0.6 is 11.6 Å². The zero-order valence-corrected chi connectivity index (χ0v) is 12.2. The maximum absolute atomic E-state index is 12.1. The van der Waals surface area contributed by atoms with Gasteiger partial charge in [0, 0.05) is 40.8 Å². The predicted octanol–water partition coefficient (Wildman–Crippen LogP) is 2.69. The van der Waals surface area contributed by atoms with Crippen molar-refractivity contribution in [2.75, 3.05) is 5.32 Å². The quantitative estimate of drug-likeness (QED) is 0.808. The molecular weight excluding hydrogens is 302 g/mol. The molecule has 0 spiro atoms. The van der Waals surface area contributed by atoms with E-state index in [0.29, 0.717) is 21.6 Å². The molecule has 6 heteroatoms. The van der Waals surface area contributed by atoms with Crippen LogP contribution in [0.25, 0.3) is 10.9 Å². The van der Waals surface area contributed by atoms with E-state index in [1.807, 2.05) is 0 Å². The molecule has 3 rings (SSSR count). The van der Waals surface area contributed by atoms with Gasteiger partial charge in [-0.05, 0) is 30.3 Å². The minimum atomic E-state index is -0.189. The molecule has 0 unspecified atom stereocenters. The van der Waals surface area contributed by atoms with Crippen molar-refractivity contribution < 1.29 is 4.79 Å². The third kappa shape index (κ3) is 2.99. The van der Waals surface area contributed by atoms with Crippen molar-refractivity contribution in [3.8, 4) is 0 Å². The molecule has 22 heavy (non-hydrogen) atoms. The average Bonchev–Trinajstić information content (AvgIpc) is 2.51. The first-order chi connectivity index (χ1) is 10.6. The van der Waals surface area contributed by atoms with Gasteiger partial charge in [0.25, 0.3) is 0 Å². The lowest BCUT2D eigenvalue weighted by atomic mass is 10.2. The molecule has 0 radical (unpaired) electrons. The normalized spacial score (nSPS) is 10.6. The van der Waals surface area contributed by atoms with Crippen molar-refractivity contribution in [2.24, 2.45) is 0 Å². The highest BCUT2D eigenvalue weighted by Crippen LogP contribution is 2.16. The van der Waals surface area contributed by atoms with Crippen LogP contribution in [-0.2, 0) is 11.3 Å². The lowest BCUT2D eigenvalue weighted by Gasteiger charge is -2.11. The van der Waals surface area contributed by atoms with Gasteiger partial charge < -0.3 is 9.88 Å². The molecule has 5 nitrogen and oxygen atoms in total. The SMILES string of the molecule is O=C(Cn1ccc(=O)c2cc(Cl)ccc21)Nc1ccncc1. The first-order valence-corrected chi connectivity index (χ1v) is 7.00. The zero-order chi connectivity index (χ0) is 15.5. The Labute approximate surface area is 131 Å². The smallest absolute Gasteiger partial charge is 0.244 e. The topological polar surface area (TPSA) is 64.0 Å². The molecule has 1 N–H and O–H groups in total. The Bertz CT molecular complexity index is 891. The number of benzene rings is 1. The number of hydrogen-bond donors (Lipinski definition) is 1. The fourth-order valence-electron chi connectivity index (χ4n) is 2.21. The largest absolute Gasteiger partial charge is 0.338 e. The Kier molecular flexibility index (Phi) is 3.89. The summed E-state index contributed by atoms with van der Waals surface area (Å²) in [5.74, 6) is -0.189. The van der Waals surface area contributed by atoms with Crippen LogP contribution in [0.5, 0.6) is 0 Å². The van der Waals surface area contributed by atoms with Crippen LogP contribution in [-0.4, -0.2) is 15.5 Å². The summed E-state index contributed by atoms with van der Waals surface area (Å²) in [7, 11) is 0. The number of halogens is 1. The molecule has 0 aliphatic heterocycles. The molecule has 3 aromatic rings. The molecule has 0 saturated heterocycles. The summed E-state index contributed by atoms with van der Waals surface area (Å²) in [6.45, 7) is 0.0980. The molecule has 1 amide bonds. The van der Waals surface area contributed by atoms with Crippen molar-refractivity contribution in [3.63, 3.8) is 0 Å². The highest BCUT2D eigenvalue weighted by molar-refractivity contribution is 6.31. The van der Waals surface area contributed by atoms with Crippen molar-refractivity contribution in [1.29, 1.82) is 0 Å². The van der Waals surface area contributed by atoms with E-state index in [-0.39, 0.29) is 17.9 Å². The van der Waals surface area contributed by atoms with Gasteiger partial charge in [0.05, 0.1) is 5.52 Å². The van der Waals surface area contributed by atoms with Gasteiger partial charge in [-0.15, -0.1) is 0 Å². The zero-order valence-electron chi connectivity index (χ0n) is 11.5. The minimum absolute atomic E-state index is 0.0980. The van der Waals surface area contributed by atoms with E-state index in [1.165, 1.54) is 6.07 Å². The summed E-state index contributed by atoms with van der Waals surface area (Å²) in [5.41, 5.74) is 1.22. The van der Waals surface area contributed by atoms with E-state index >= 15 is 0 Å². The Morgan fingerprint density at radius 3 is 2.73 bits per heavy atom. The second-order valence-corrected chi connectivity index (χ2v) is 5.19. The Morgan fingerprint density at radius 1 is 1.18 bits per heavy atom. The summed E-state index contributed by atoms with van der Waals surface area (Å²) in [4.78, 5) is 27.9. The van der Waals surface area contributed by atoms with Crippen molar-refractivity contribution in [3.05, 3.63) is 70.2 Å². The number of carbonyl (C=O) groups is 1. The van der Waals surface area contributed by atoms with E-state index in [4.69, 9.17) is 11.6 Å². The van der Waals surface area contributed by atoms with E-state index in [0.717, 1.165) is 0 Å². The second-order valence-electron chi connectivity index (χ2n) is 4.75. The number of nitrogens with one attached hydrogen (secondary N) is 1. The average molecular weight is 314 g/mol. The summed E-state index contributed by atoms with van der Waals surface area (Å²) in [6, 6.07) is 9.89. The van der Waals surface area contributed by atoms with Crippen molar-refractivity contribution in [1.82, 2.24) is 9.55 Å². The Balaban J connectivity index is 1.89. The van der Waals surface area contributed by atoms with Crippen molar-refractivity contribution in [2.45, 2.75) is 6.54 Å². The maximum atomic E-state index is 12.1. The monoisotopic (exact) mass is 313 g/mol. The fourth-order valence-corrected chi connectivity index (χ4v) is 2.38. The Morgan fingerprint density at radius 2 is 1.95 bits per heavy atom. The van der Waals surface area contributed by atoms with E-state index < -0.39 is 0 Å². The summed E-state index contributed by atoms with van der Waals surface area (Å²) < 4.78 is 1.71. The van der Waals surface area contributed by atoms with E-state index in [9.17, 15) is 9.59 Å². The summed E-state index contributed by atoms with van der Waals surface area (Å²) in [6.07, 6.45) is 4.81. The highest BCUT2D eigenvalue weighted by Gasteiger charge is 2.08. The summed E-state index contributed by atoms with van der Waals surface area (Å²) in [5, 5.41) is 3.76. The molecule has 110 valence electrons. The van der Waals surface area contributed by atoms with Crippen LogP contribution in [0.2, 0.25) is 5.02 Å². The van der Waals surface area contributed by atoms with E-state index in [2.05, 4.69) is 10.3 Å². The van der Waals surface area contributed by atoms with Gasteiger partial charge in [-0.2, -0.15) is 0 Å². The third-order valence-electron chi connectivity index (χ3n) is 3.22. The number of amides is 1. The van der Waals surface area contributed by atoms with Gasteiger partial charge in [0.1, 0.15) is 6.54 Å². The molecule has 2 aromatic heterocycles. The number of carbonyl (C=O) groups excluding carboxylic acids is 1. The molecule has 1 aromatic carbocycles. The third-order valence-corrected chi connectivity index (χ3v) is 3.45. The number of hydrogen-bond acceptors (Lipinski definition) is 3. The maximum Gasteiger partial charge on any atom is 0.244 e. The number of fused-ring (bicyclic) bond motifs is 1. The van der Waals surface area contributed by atoms with Crippen LogP contribution in [0.15, 0.2) is 59.8 Å². The molecule has 0 aliphatic carbocycles. The molecule has 0 saturated carbocycles. The molecule has 0 bridgehead atoms. The number of aromatic nitrogens is 2. The first kappa shape index (κ1) is 14.3. The van der Waals surface area contributed by atoms with Gasteiger partial charge in [-0.1, -0.05) is 11.6 Å². The fraction of sp³-hybridized carbons (Fsp3) is 0.0625. The lowest BCUT2D eigenvalue weighted by molar-refractivity contribution is -0.116. The molecule has 0 fully saturated rings. The summed E-state index contributed by atoms with van der Waals surface area (Å²) >= 11 is 5.92. The predicted molar refractivity (Wildman–Crippen MR) is 86.1 cm³/mol. The molecule has 0 atom stereocenters. The molecule has 0 aliphatic rings. The minimum Gasteiger partial charge on any atom is -0.338 e. The van der Waals surface area contributed by atoms with E-state index in [1.54, 1.807) is 53.5 Å². The van der Waals surface area contributed by atoms with Crippen LogP contribution < -0.4 is 10.7 Å². The standard InChI is InChI=1S/C16H12ClN3O2/c17-11-1-2-14-13(9-11)15(21)5-8-20(14)10-16(22)19-12-3-6-18-7-4-12/h1-9H,10H2,(H,18,19,22). The number of anilines is 1. The van der Waals surface area contributed by atoms with Gasteiger partial charge in [0.2, 0.25) is 5.91 Å². The number of pyridine rings is 2. The van der Waals surface area contributed by atoms with Crippen LogP contribution in [0.3, 0.4) is 0 Å². The Hall–Kier alpha value is -2.66. The van der Waals surface area contributed by atoms with Crippen LogP contribution in [0.1, 0.15) is 0 Å². The molecular formula is C16H12ClN3O2. The van der Waals surface area contributed by atoms with Crippen LogP contribution in [0.4, 0.5) is 5.69 Å². The van der Waals surface area contributed by atoms with Crippen LogP contribution in [0, 0.1) is 0 Å². The second kappa shape index (κ2) is 5.99. The van der Waals surface area contributed by atoms with Gasteiger partial charge >= 0.3 is 0 Å². The number of rotatable bonds is 3. The van der Waals surface area contributed by atoms with Gasteiger partial charge in [-0.25, -0.2) is 0 Å². The lowest BCUT2D eigenvalue weighted by Crippen LogP contribution is -2.20. The molecule has 2 heterocycles. The van der Waals surface area contributed by atoms with Gasteiger partial charge in [0.15, 0.2) is 5.43 Å². The highest BCUT2D eigenvalue weighted by atomic mass is 35.5. The van der Waals surface area contributed by atoms with Gasteiger partial charge in [-0.3, -0.25) is 14.6 Å². The number of nitrogens with zero attached hydrogens (tertiary/aromatic N) is 2.